The molecule has 142 valence electrons. The van der Waals surface area contributed by atoms with Crippen molar-refractivity contribution in [2.45, 2.75) is 33.1 Å². The maximum atomic E-state index is 12.9. The van der Waals surface area contributed by atoms with Crippen molar-refractivity contribution in [3.05, 3.63) is 30.1 Å². The van der Waals surface area contributed by atoms with Crippen LogP contribution in [0.25, 0.3) is 0 Å². The quantitative estimate of drug-likeness (QED) is 0.809. The SMILES string of the molecule is CC(C)CN1CC2(CCN(C(=O)COc3ccc(F)cc3)CC2)CC1=O. The molecular weight excluding hydrogens is 335 g/mol. The zero-order chi connectivity index (χ0) is 18.7. The number of piperidine rings is 1. The maximum absolute atomic E-state index is 12.9. The molecule has 0 saturated carbocycles. The highest BCUT2D eigenvalue weighted by Crippen LogP contribution is 2.41. The normalized spacial score (nSPS) is 19.5. The van der Waals surface area contributed by atoms with Crippen molar-refractivity contribution in [2.24, 2.45) is 11.3 Å². The topological polar surface area (TPSA) is 49.9 Å². The Morgan fingerprint density at radius 3 is 2.50 bits per heavy atom. The Morgan fingerprint density at radius 1 is 1.23 bits per heavy atom. The zero-order valence-corrected chi connectivity index (χ0v) is 15.5. The number of amides is 2. The van der Waals surface area contributed by atoms with Gasteiger partial charge in [0, 0.05) is 38.0 Å². The fraction of sp³-hybridized carbons (Fsp3) is 0.600. The molecule has 2 saturated heterocycles. The van der Waals surface area contributed by atoms with Crippen LogP contribution in [0.3, 0.4) is 0 Å². The van der Waals surface area contributed by atoms with E-state index in [9.17, 15) is 14.0 Å². The minimum atomic E-state index is -0.331. The van der Waals surface area contributed by atoms with E-state index < -0.39 is 0 Å². The smallest absolute Gasteiger partial charge is 0.260 e. The number of hydrogen-bond donors (Lipinski definition) is 0. The predicted molar refractivity (Wildman–Crippen MR) is 96.2 cm³/mol. The summed E-state index contributed by atoms with van der Waals surface area (Å²) in [4.78, 5) is 28.4. The third-order valence-corrected chi connectivity index (χ3v) is 5.34. The van der Waals surface area contributed by atoms with Gasteiger partial charge < -0.3 is 14.5 Å². The largest absolute Gasteiger partial charge is 0.484 e. The average Bonchev–Trinajstić information content (AvgIpc) is 2.89. The highest BCUT2D eigenvalue weighted by atomic mass is 19.1. The van der Waals surface area contributed by atoms with Gasteiger partial charge in [-0.05, 0) is 43.0 Å². The Bertz CT molecular complexity index is 652. The molecule has 0 bridgehead atoms. The minimum Gasteiger partial charge on any atom is -0.484 e. The molecule has 0 unspecified atom stereocenters. The third kappa shape index (κ3) is 4.34. The number of carbonyl (C=O) groups excluding carboxylic acids is 2. The first-order chi connectivity index (χ1) is 12.4. The molecule has 2 amide bonds. The molecule has 1 spiro atoms. The van der Waals surface area contributed by atoms with Crippen LogP contribution in [-0.4, -0.2) is 54.4 Å². The fourth-order valence-corrected chi connectivity index (χ4v) is 3.92. The fourth-order valence-electron chi connectivity index (χ4n) is 3.92. The number of nitrogens with zero attached hydrogens (tertiary/aromatic N) is 2. The highest BCUT2D eigenvalue weighted by molar-refractivity contribution is 5.80. The van der Waals surface area contributed by atoms with Gasteiger partial charge in [-0.3, -0.25) is 9.59 Å². The molecule has 0 aromatic heterocycles. The van der Waals surface area contributed by atoms with Crippen LogP contribution >= 0.6 is 0 Å². The van der Waals surface area contributed by atoms with Gasteiger partial charge in [0.2, 0.25) is 5.91 Å². The molecule has 0 aliphatic carbocycles. The summed E-state index contributed by atoms with van der Waals surface area (Å²) < 4.78 is 18.3. The van der Waals surface area contributed by atoms with Crippen LogP contribution in [0.4, 0.5) is 4.39 Å². The molecule has 1 aromatic carbocycles. The number of halogens is 1. The van der Waals surface area contributed by atoms with E-state index in [0.29, 0.717) is 31.2 Å². The van der Waals surface area contributed by atoms with Gasteiger partial charge in [-0.2, -0.15) is 0 Å². The van der Waals surface area contributed by atoms with Gasteiger partial charge in [-0.25, -0.2) is 4.39 Å². The van der Waals surface area contributed by atoms with E-state index in [1.165, 1.54) is 24.3 Å². The van der Waals surface area contributed by atoms with Crippen LogP contribution in [0.1, 0.15) is 33.1 Å². The Labute approximate surface area is 154 Å². The van der Waals surface area contributed by atoms with Gasteiger partial charge in [-0.1, -0.05) is 13.8 Å². The lowest BCUT2D eigenvalue weighted by Crippen LogP contribution is -2.45. The maximum Gasteiger partial charge on any atom is 0.260 e. The van der Waals surface area contributed by atoms with Crippen LogP contribution in [0.15, 0.2) is 24.3 Å². The number of ether oxygens (including phenoxy) is 1. The molecule has 6 heteroatoms. The summed E-state index contributed by atoms with van der Waals surface area (Å²) in [7, 11) is 0. The molecular formula is C20H27FN2O3. The number of carbonyl (C=O) groups is 2. The summed E-state index contributed by atoms with van der Waals surface area (Å²) in [6.45, 7) is 7.16. The molecule has 0 radical (unpaired) electrons. The van der Waals surface area contributed by atoms with E-state index >= 15 is 0 Å². The van der Waals surface area contributed by atoms with E-state index in [4.69, 9.17) is 4.74 Å². The summed E-state index contributed by atoms with van der Waals surface area (Å²) in [6, 6.07) is 5.65. The lowest BCUT2D eigenvalue weighted by Gasteiger charge is -2.38. The van der Waals surface area contributed by atoms with Crippen molar-refractivity contribution in [3.8, 4) is 5.75 Å². The van der Waals surface area contributed by atoms with Crippen LogP contribution < -0.4 is 4.74 Å². The van der Waals surface area contributed by atoms with Crippen molar-refractivity contribution in [1.29, 1.82) is 0 Å². The zero-order valence-electron chi connectivity index (χ0n) is 15.5. The molecule has 5 nitrogen and oxygen atoms in total. The van der Waals surface area contributed by atoms with E-state index in [-0.39, 0.29) is 29.7 Å². The van der Waals surface area contributed by atoms with Crippen molar-refractivity contribution >= 4 is 11.8 Å². The van der Waals surface area contributed by atoms with E-state index in [0.717, 1.165) is 25.9 Å². The van der Waals surface area contributed by atoms with E-state index in [2.05, 4.69) is 13.8 Å². The predicted octanol–water partition coefficient (Wildman–Crippen LogP) is 2.70. The molecule has 2 aliphatic heterocycles. The number of hydrogen-bond acceptors (Lipinski definition) is 3. The second kappa shape index (κ2) is 7.64. The second-order valence-corrected chi connectivity index (χ2v) is 7.97. The molecule has 0 atom stereocenters. The van der Waals surface area contributed by atoms with Gasteiger partial charge in [0.1, 0.15) is 11.6 Å². The summed E-state index contributed by atoms with van der Waals surface area (Å²) in [5.74, 6) is 0.812. The Morgan fingerprint density at radius 2 is 1.88 bits per heavy atom. The molecule has 26 heavy (non-hydrogen) atoms. The summed E-state index contributed by atoms with van der Waals surface area (Å²) >= 11 is 0. The van der Waals surface area contributed by atoms with Crippen molar-refractivity contribution in [1.82, 2.24) is 9.80 Å². The summed E-state index contributed by atoms with van der Waals surface area (Å²) in [6.07, 6.45) is 2.32. The van der Waals surface area contributed by atoms with Crippen molar-refractivity contribution in [2.75, 3.05) is 32.8 Å². The van der Waals surface area contributed by atoms with E-state index in [1.54, 1.807) is 0 Å². The molecule has 2 fully saturated rings. The number of rotatable bonds is 5. The summed E-state index contributed by atoms with van der Waals surface area (Å²) in [5, 5.41) is 0. The minimum absolute atomic E-state index is 0.0283. The first kappa shape index (κ1) is 18.7. The molecule has 2 aliphatic rings. The Hall–Kier alpha value is -2.11. The number of likely N-dealkylation sites (tertiary alicyclic amines) is 2. The van der Waals surface area contributed by atoms with Crippen LogP contribution in [0, 0.1) is 17.2 Å². The van der Waals surface area contributed by atoms with Crippen LogP contribution in [0.2, 0.25) is 0 Å². The van der Waals surface area contributed by atoms with Crippen LogP contribution in [-0.2, 0) is 9.59 Å². The lowest BCUT2D eigenvalue weighted by atomic mass is 9.77. The van der Waals surface area contributed by atoms with Gasteiger partial charge in [0.05, 0.1) is 0 Å². The van der Waals surface area contributed by atoms with Crippen molar-refractivity contribution < 1.29 is 18.7 Å². The van der Waals surface area contributed by atoms with Crippen molar-refractivity contribution in [3.63, 3.8) is 0 Å². The van der Waals surface area contributed by atoms with Gasteiger partial charge in [0.25, 0.3) is 5.91 Å². The Balaban J connectivity index is 1.48. The Kier molecular flexibility index (Phi) is 5.49. The highest BCUT2D eigenvalue weighted by Gasteiger charge is 2.45. The summed E-state index contributed by atoms with van der Waals surface area (Å²) in [5.41, 5.74) is 0.0283. The monoisotopic (exact) mass is 362 g/mol. The van der Waals surface area contributed by atoms with Crippen LogP contribution in [0.5, 0.6) is 5.75 Å². The molecule has 2 heterocycles. The lowest BCUT2D eigenvalue weighted by molar-refractivity contribution is -0.135. The second-order valence-electron chi connectivity index (χ2n) is 7.97. The molecule has 1 aromatic rings. The van der Waals surface area contributed by atoms with Gasteiger partial charge >= 0.3 is 0 Å². The molecule has 3 rings (SSSR count). The van der Waals surface area contributed by atoms with Gasteiger partial charge in [0.15, 0.2) is 6.61 Å². The third-order valence-electron chi connectivity index (χ3n) is 5.34. The molecule has 0 N–H and O–H groups in total. The first-order valence-electron chi connectivity index (χ1n) is 9.31. The van der Waals surface area contributed by atoms with Gasteiger partial charge in [-0.15, -0.1) is 0 Å². The standard InChI is InChI=1S/C20H27FN2O3/c1-15(2)12-23-14-20(11-18(23)24)7-9-22(10-8-20)19(25)13-26-17-5-3-16(21)4-6-17/h3-6,15H,7-14H2,1-2H3. The first-order valence-corrected chi connectivity index (χ1v) is 9.31. The number of benzene rings is 1. The van der Waals surface area contributed by atoms with E-state index in [1.807, 2.05) is 9.80 Å². The average molecular weight is 362 g/mol.